The minimum Gasteiger partial charge on any atom is -0.444 e. The highest BCUT2D eigenvalue weighted by Gasteiger charge is 2.32. The summed E-state index contributed by atoms with van der Waals surface area (Å²) in [6.07, 6.45) is 2.72. The molecule has 1 aliphatic heterocycles. The van der Waals surface area contributed by atoms with E-state index in [2.05, 4.69) is 15.1 Å². The van der Waals surface area contributed by atoms with E-state index in [0.29, 0.717) is 47.5 Å². The number of carbonyl (C=O) groups is 1. The Kier molecular flexibility index (Phi) is 4.85. The lowest BCUT2D eigenvalue weighted by Crippen LogP contribution is -2.54. The monoisotopic (exact) mass is 418 g/mol. The number of anilines is 1. The van der Waals surface area contributed by atoms with Crippen LogP contribution < -0.4 is 4.90 Å². The lowest BCUT2D eigenvalue weighted by atomic mass is 10.2. The number of carbonyl (C=O) groups excluding carboxylic acids is 1. The van der Waals surface area contributed by atoms with Crippen molar-refractivity contribution in [3.05, 3.63) is 29.8 Å². The highest BCUT2D eigenvalue weighted by Crippen LogP contribution is 2.31. The number of hydrogen-bond acceptors (Lipinski definition) is 7. The lowest BCUT2D eigenvalue weighted by Gasteiger charge is -2.39. The van der Waals surface area contributed by atoms with Crippen LogP contribution in [0.15, 0.2) is 29.2 Å². The van der Waals surface area contributed by atoms with Crippen molar-refractivity contribution in [1.29, 1.82) is 0 Å². The molecule has 1 atom stereocenters. The number of benzene rings is 1. The fourth-order valence-corrected chi connectivity index (χ4v) is 3.54. The van der Waals surface area contributed by atoms with E-state index in [1.807, 2.05) is 32.6 Å². The highest BCUT2D eigenvalue weighted by atomic mass is 35.5. The quantitative estimate of drug-likeness (QED) is 0.629. The molecule has 1 aliphatic rings. The van der Waals surface area contributed by atoms with Crippen molar-refractivity contribution in [3.63, 3.8) is 0 Å². The molecule has 1 unspecified atom stereocenters. The average molecular weight is 419 g/mol. The topological polar surface area (TPSA) is 89.5 Å². The van der Waals surface area contributed by atoms with Crippen LogP contribution in [0.1, 0.15) is 27.7 Å². The van der Waals surface area contributed by atoms with Gasteiger partial charge in [0.2, 0.25) is 0 Å². The Morgan fingerprint density at radius 3 is 2.76 bits per heavy atom. The molecule has 1 amide bonds. The zero-order chi connectivity index (χ0) is 20.8. The predicted octanol–water partition coefficient (Wildman–Crippen LogP) is 3.51. The molecule has 154 valence electrons. The number of amides is 1. The van der Waals surface area contributed by atoms with Crippen molar-refractivity contribution in [3.8, 4) is 5.69 Å². The Bertz CT molecular complexity index is 1030. The lowest BCUT2D eigenvalue weighted by molar-refractivity contribution is 0.0216. The molecular formula is C19H23ClN6O3. The van der Waals surface area contributed by atoms with Crippen molar-refractivity contribution in [2.45, 2.75) is 39.3 Å². The number of hydrogen-bond donors (Lipinski definition) is 0. The minimum atomic E-state index is -0.519. The number of piperazine rings is 1. The number of oxazole rings is 1. The molecule has 0 aliphatic carbocycles. The Morgan fingerprint density at radius 1 is 1.31 bits per heavy atom. The molecule has 1 saturated heterocycles. The number of halogens is 1. The smallest absolute Gasteiger partial charge is 0.410 e. The van der Waals surface area contributed by atoms with Crippen LogP contribution in [0.2, 0.25) is 5.02 Å². The van der Waals surface area contributed by atoms with Crippen LogP contribution in [0, 0.1) is 0 Å². The van der Waals surface area contributed by atoms with Gasteiger partial charge in [-0.05, 0) is 39.8 Å². The van der Waals surface area contributed by atoms with Crippen molar-refractivity contribution >= 4 is 34.8 Å². The van der Waals surface area contributed by atoms with Crippen LogP contribution in [0.5, 0.6) is 0 Å². The van der Waals surface area contributed by atoms with E-state index in [4.69, 9.17) is 20.8 Å². The van der Waals surface area contributed by atoms with Crippen molar-refractivity contribution < 1.29 is 13.9 Å². The molecule has 0 radical (unpaired) electrons. The molecule has 0 bridgehead atoms. The minimum absolute atomic E-state index is 0.00891. The third-order valence-corrected chi connectivity index (χ3v) is 4.83. The van der Waals surface area contributed by atoms with Crippen LogP contribution in [0.25, 0.3) is 16.8 Å². The maximum atomic E-state index is 12.4. The second-order valence-electron chi connectivity index (χ2n) is 8.08. The molecule has 0 N–H and O–H groups in total. The maximum Gasteiger partial charge on any atom is 0.410 e. The highest BCUT2D eigenvalue weighted by molar-refractivity contribution is 6.31. The summed E-state index contributed by atoms with van der Waals surface area (Å²) >= 11 is 6.26. The van der Waals surface area contributed by atoms with Gasteiger partial charge in [-0.2, -0.15) is 10.1 Å². The summed E-state index contributed by atoms with van der Waals surface area (Å²) in [5.41, 5.74) is 1.37. The van der Waals surface area contributed by atoms with Crippen LogP contribution >= 0.6 is 11.6 Å². The molecule has 29 heavy (non-hydrogen) atoms. The van der Waals surface area contributed by atoms with E-state index < -0.39 is 5.60 Å². The molecule has 1 aromatic carbocycles. The van der Waals surface area contributed by atoms with Gasteiger partial charge >= 0.3 is 6.09 Å². The predicted molar refractivity (Wildman–Crippen MR) is 109 cm³/mol. The summed E-state index contributed by atoms with van der Waals surface area (Å²) in [5, 5.41) is 4.69. The first kappa shape index (κ1) is 19.5. The number of fused-ring (bicyclic) bond motifs is 1. The van der Waals surface area contributed by atoms with E-state index in [1.54, 1.807) is 28.0 Å². The van der Waals surface area contributed by atoms with E-state index in [1.165, 1.54) is 6.33 Å². The molecule has 3 aromatic rings. The first-order valence-electron chi connectivity index (χ1n) is 9.41. The number of nitrogens with zero attached hydrogens (tertiary/aromatic N) is 6. The summed E-state index contributed by atoms with van der Waals surface area (Å²) in [7, 11) is 0. The summed E-state index contributed by atoms with van der Waals surface area (Å²) in [6, 6.07) is 4.01. The SMILES string of the molecule is CC1CN(C(=O)OC(C)(C)C)CCN1c1nc2cc(Cl)cc(-n3cncn3)c2o1. The second kappa shape index (κ2) is 7.22. The standard InChI is InChI=1S/C19H23ClN6O3/c1-12-9-24(18(27)29-19(2,3)4)5-6-25(12)17-23-14-7-13(20)8-15(16(14)28-17)26-11-21-10-22-26/h7-8,10-12H,5-6,9H2,1-4H3. The number of ether oxygens (including phenoxy) is 1. The molecular weight excluding hydrogens is 396 g/mol. The van der Waals surface area contributed by atoms with Crippen molar-refractivity contribution in [2.75, 3.05) is 24.5 Å². The Hall–Kier alpha value is -2.81. The van der Waals surface area contributed by atoms with Crippen LogP contribution in [0.4, 0.5) is 10.8 Å². The van der Waals surface area contributed by atoms with Gasteiger partial charge in [-0.25, -0.2) is 14.5 Å². The van der Waals surface area contributed by atoms with Gasteiger partial charge in [-0.1, -0.05) is 11.6 Å². The molecule has 1 fully saturated rings. The molecule has 3 heterocycles. The largest absolute Gasteiger partial charge is 0.444 e. The van der Waals surface area contributed by atoms with E-state index in [-0.39, 0.29) is 12.1 Å². The number of aromatic nitrogens is 4. The Balaban J connectivity index is 1.58. The fourth-order valence-electron chi connectivity index (χ4n) is 3.33. The average Bonchev–Trinajstić information content (AvgIpc) is 3.29. The molecule has 2 aromatic heterocycles. The summed E-state index contributed by atoms with van der Waals surface area (Å²) in [5.74, 6) is 0. The molecule has 9 nitrogen and oxygen atoms in total. The van der Waals surface area contributed by atoms with Gasteiger partial charge in [0, 0.05) is 30.7 Å². The van der Waals surface area contributed by atoms with Crippen LogP contribution in [-0.2, 0) is 4.74 Å². The summed E-state index contributed by atoms with van der Waals surface area (Å²) in [6.45, 7) is 9.23. The maximum absolute atomic E-state index is 12.4. The first-order valence-corrected chi connectivity index (χ1v) is 9.79. The molecule has 4 rings (SSSR count). The summed E-state index contributed by atoms with van der Waals surface area (Å²) in [4.78, 5) is 24.7. The van der Waals surface area contributed by atoms with E-state index in [9.17, 15) is 4.79 Å². The summed E-state index contributed by atoms with van der Waals surface area (Å²) < 4.78 is 13.2. The molecule has 0 spiro atoms. The normalized spacial score (nSPS) is 17.8. The Labute approximate surface area is 173 Å². The van der Waals surface area contributed by atoms with Crippen LogP contribution in [-0.4, -0.2) is 62.0 Å². The Morgan fingerprint density at radius 2 is 2.10 bits per heavy atom. The van der Waals surface area contributed by atoms with Gasteiger partial charge in [0.1, 0.15) is 29.5 Å². The molecule has 0 saturated carbocycles. The van der Waals surface area contributed by atoms with Gasteiger partial charge in [0.15, 0.2) is 5.58 Å². The van der Waals surface area contributed by atoms with Gasteiger partial charge in [0.25, 0.3) is 6.01 Å². The zero-order valence-corrected chi connectivity index (χ0v) is 17.5. The second-order valence-corrected chi connectivity index (χ2v) is 8.51. The van der Waals surface area contributed by atoms with E-state index >= 15 is 0 Å². The molecule has 10 heteroatoms. The van der Waals surface area contributed by atoms with Gasteiger partial charge < -0.3 is 19.0 Å². The fraction of sp³-hybridized carbons (Fsp3) is 0.474. The zero-order valence-electron chi connectivity index (χ0n) is 16.8. The third-order valence-electron chi connectivity index (χ3n) is 4.61. The van der Waals surface area contributed by atoms with Crippen molar-refractivity contribution in [2.24, 2.45) is 0 Å². The van der Waals surface area contributed by atoms with Crippen molar-refractivity contribution in [1.82, 2.24) is 24.6 Å². The van der Waals surface area contributed by atoms with Gasteiger partial charge in [0.05, 0.1) is 0 Å². The first-order chi connectivity index (χ1) is 13.7. The van der Waals surface area contributed by atoms with Crippen LogP contribution in [0.3, 0.4) is 0 Å². The van der Waals surface area contributed by atoms with Gasteiger partial charge in [-0.3, -0.25) is 0 Å². The third kappa shape index (κ3) is 4.00. The van der Waals surface area contributed by atoms with Gasteiger partial charge in [-0.15, -0.1) is 0 Å². The number of rotatable bonds is 2. The van der Waals surface area contributed by atoms with E-state index in [0.717, 1.165) is 0 Å².